The number of nitrogens with one attached hydrogen (secondary N) is 1. The zero-order valence-corrected chi connectivity index (χ0v) is 15.3. The van der Waals surface area contributed by atoms with E-state index < -0.39 is 17.5 Å². The average molecular weight is 348 g/mol. The first-order valence-electron chi connectivity index (χ1n) is 9.58. The Morgan fingerprint density at radius 3 is 2.52 bits per heavy atom. The van der Waals surface area contributed by atoms with Gasteiger partial charge in [-0.1, -0.05) is 33.6 Å². The van der Waals surface area contributed by atoms with Gasteiger partial charge in [0.2, 0.25) is 0 Å². The molecule has 0 aromatic heterocycles. The molecule has 4 saturated carbocycles. The first kappa shape index (κ1) is 16.9. The lowest BCUT2D eigenvalue weighted by molar-refractivity contribution is -0.186. The predicted octanol–water partition coefficient (Wildman–Crippen LogP) is 2.46. The predicted molar refractivity (Wildman–Crippen MR) is 90.5 cm³/mol. The normalized spacial score (nSPS) is 37.8. The van der Waals surface area contributed by atoms with Gasteiger partial charge in [-0.05, 0) is 48.9 Å². The Morgan fingerprint density at radius 2 is 1.92 bits per heavy atom. The fourth-order valence-electron chi connectivity index (χ4n) is 5.73. The van der Waals surface area contributed by atoms with Gasteiger partial charge in [0.25, 0.3) is 5.91 Å². The molecule has 25 heavy (non-hydrogen) atoms. The van der Waals surface area contributed by atoms with Gasteiger partial charge in [-0.15, -0.1) is 0 Å². The second-order valence-electron chi connectivity index (χ2n) is 9.09. The van der Waals surface area contributed by atoms with E-state index in [0.29, 0.717) is 36.0 Å². The van der Waals surface area contributed by atoms with Gasteiger partial charge in [0, 0.05) is 0 Å². The molecule has 0 aromatic rings. The summed E-state index contributed by atoms with van der Waals surface area (Å²) in [6.45, 7) is 6.48. The van der Waals surface area contributed by atoms with Crippen molar-refractivity contribution in [2.75, 3.05) is 6.54 Å². The molecular formula is C19H28N2O4. The maximum Gasteiger partial charge on any atom is 0.326 e. The molecule has 5 aliphatic rings. The van der Waals surface area contributed by atoms with Crippen LogP contribution in [0, 0.1) is 23.2 Å². The minimum atomic E-state index is -0.763. The summed E-state index contributed by atoms with van der Waals surface area (Å²) in [6, 6.07) is -0.454. The van der Waals surface area contributed by atoms with Gasteiger partial charge in [0.05, 0.1) is 0 Å². The van der Waals surface area contributed by atoms with E-state index in [9.17, 15) is 14.4 Å². The van der Waals surface area contributed by atoms with Crippen molar-refractivity contribution < 1.29 is 19.1 Å². The van der Waals surface area contributed by atoms with Crippen molar-refractivity contribution in [3.8, 4) is 0 Å². The minimum absolute atomic E-state index is 0.0921. The number of imide groups is 1. The number of hydrogen-bond donors (Lipinski definition) is 1. The quantitative estimate of drug-likeness (QED) is 0.628. The largest absolute Gasteiger partial charge is 0.461 e. The molecule has 1 heterocycles. The number of hydrogen-bond acceptors (Lipinski definition) is 4. The van der Waals surface area contributed by atoms with Gasteiger partial charge in [0.1, 0.15) is 18.2 Å². The lowest BCUT2D eigenvalue weighted by atomic mass is 9.45. The maximum atomic E-state index is 12.6. The van der Waals surface area contributed by atoms with E-state index in [2.05, 4.69) is 26.1 Å². The number of ether oxygens (including phenoxy) is 1. The number of esters is 1. The Hall–Kier alpha value is -1.59. The highest BCUT2D eigenvalue weighted by molar-refractivity contribution is 6.08. The van der Waals surface area contributed by atoms with Crippen molar-refractivity contribution in [1.82, 2.24) is 10.2 Å². The first-order valence-corrected chi connectivity index (χ1v) is 9.58. The molecule has 4 atom stereocenters. The van der Waals surface area contributed by atoms with E-state index in [4.69, 9.17) is 4.74 Å². The number of amides is 3. The van der Waals surface area contributed by atoms with Crippen LogP contribution in [0.15, 0.2) is 0 Å². The van der Waals surface area contributed by atoms with E-state index in [-0.39, 0.29) is 18.6 Å². The second-order valence-corrected chi connectivity index (χ2v) is 9.09. The van der Waals surface area contributed by atoms with Crippen molar-refractivity contribution in [3.05, 3.63) is 0 Å². The number of fused-ring (bicyclic) bond motifs is 2. The molecule has 2 bridgehead atoms. The number of rotatable bonds is 3. The molecule has 1 aliphatic heterocycles. The molecule has 5 fully saturated rings. The van der Waals surface area contributed by atoms with Gasteiger partial charge in [-0.3, -0.25) is 14.5 Å². The molecule has 1 N–H and O–H groups in total. The number of carbonyl (C=O) groups is 3. The summed E-state index contributed by atoms with van der Waals surface area (Å²) < 4.78 is 5.69. The Balaban J connectivity index is 1.37. The highest BCUT2D eigenvalue weighted by Crippen LogP contribution is 2.61. The molecule has 5 rings (SSSR count). The van der Waals surface area contributed by atoms with Crippen LogP contribution in [0.1, 0.15) is 59.3 Å². The average Bonchev–Trinajstić information content (AvgIpc) is 3.10. The van der Waals surface area contributed by atoms with E-state index in [1.807, 2.05) is 0 Å². The van der Waals surface area contributed by atoms with Gasteiger partial charge in [-0.25, -0.2) is 4.79 Å². The Morgan fingerprint density at radius 1 is 1.24 bits per heavy atom. The monoisotopic (exact) mass is 348 g/mol. The SMILES string of the molecule is CC1C(OC(=O)CN2C(=O)NC3(CCCC3)C2=O)CC2CC1C2(C)C. The zero-order chi connectivity index (χ0) is 18.0. The summed E-state index contributed by atoms with van der Waals surface area (Å²) in [7, 11) is 0. The number of urea groups is 1. The van der Waals surface area contributed by atoms with Crippen molar-refractivity contribution in [2.45, 2.75) is 70.9 Å². The third kappa shape index (κ3) is 2.40. The van der Waals surface area contributed by atoms with Crippen LogP contribution in [0.2, 0.25) is 0 Å². The summed E-state index contributed by atoms with van der Waals surface area (Å²) in [4.78, 5) is 38.2. The summed E-state index contributed by atoms with van der Waals surface area (Å²) in [6.07, 6.45) is 5.22. The fraction of sp³-hybridized carbons (Fsp3) is 0.842. The van der Waals surface area contributed by atoms with Crippen LogP contribution < -0.4 is 5.32 Å². The van der Waals surface area contributed by atoms with Crippen LogP contribution in [0.5, 0.6) is 0 Å². The van der Waals surface area contributed by atoms with Gasteiger partial charge < -0.3 is 10.1 Å². The summed E-state index contributed by atoms with van der Waals surface area (Å²) >= 11 is 0. The summed E-state index contributed by atoms with van der Waals surface area (Å²) in [5, 5.41) is 2.80. The standard InChI is InChI=1S/C19H28N2O4/c1-11-13-8-12(18(13,2)3)9-14(11)25-15(22)10-21-16(23)19(20-17(21)24)6-4-5-7-19/h11-14H,4-10H2,1-3H3,(H,20,24). The minimum Gasteiger partial charge on any atom is -0.461 e. The highest BCUT2D eigenvalue weighted by Gasteiger charge is 2.57. The molecule has 6 heteroatoms. The van der Waals surface area contributed by atoms with Crippen molar-refractivity contribution in [3.63, 3.8) is 0 Å². The maximum absolute atomic E-state index is 12.6. The van der Waals surface area contributed by atoms with Crippen molar-refractivity contribution in [1.29, 1.82) is 0 Å². The van der Waals surface area contributed by atoms with Crippen LogP contribution in [-0.2, 0) is 14.3 Å². The molecule has 138 valence electrons. The Kier molecular flexibility index (Phi) is 3.68. The molecule has 0 aromatic carbocycles. The van der Waals surface area contributed by atoms with E-state index in [1.165, 1.54) is 6.42 Å². The van der Waals surface area contributed by atoms with Gasteiger partial charge in [-0.2, -0.15) is 0 Å². The van der Waals surface area contributed by atoms with E-state index in [1.54, 1.807) is 0 Å². The van der Waals surface area contributed by atoms with Crippen molar-refractivity contribution >= 4 is 17.9 Å². The Labute approximate surface area is 148 Å². The summed E-state index contributed by atoms with van der Waals surface area (Å²) in [5.74, 6) is 0.794. The van der Waals surface area contributed by atoms with Crippen LogP contribution in [0.4, 0.5) is 4.79 Å². The van der Waals surface area contributed by atoms with Crippen molar-refractivity contribution in [2.24, 2.45) is 23.2 Å². The molecule has 4 aliphatic carbocycles. The lowest BCUT2D eigenvalue weighted by Gasteiger charge is -2.61. The molecule has 1 saturated heterocycles. The first-order chi connectivity index (χ1) is 11.7. The van der Waals surface area contributed by atoms with Gasteiger partial charge >= 0.3 is 12.0 Å². The molecule has 0 radical (unpaired) electrons. The zero-order valence-electron chi connectivity index (χ0n) is 15.3. The third-order valence-electron chi connectivity index (χ3n) is 7.56. The van der Waals surface area contributed by atoms with Crippen LogP contribution >= 0.6 is 0 Å². The van der Waals surface area contributed by atoms with E-state index in [0.717, 1.165) is 24.2 Å². The number of nitrogens with zero attached hydrogens (tertiary/aromatic N) is 1. The molecule has 4 unspecified atom stereocenters. The second kappa shape index (κ2) is 5.45. The Bertz CT molecular complexity index is 623. The molecule has 1 spiro atoms. The summed E-state index contributed by atoms with van der Waals surface area (Å²) in [5.41, 5.74) is -0.427. The van der Waals surface area contributed by atoms with Crippen LogP contribution in [0.3, 0.4) is 0 Å². The number of carbonyl (C=O) groups excluding carboxylic acids is 3. The highest BCUT2D eigenvalue weighted by atomic mass is 16.5. The molecule has 3 amide bonds. The van der Waals surface area contributed by atoms with E-state index >= 15 is 0 Å². The van der Waals surface area contributed by atoms with Gasteiger partial charge in [0.15, 0.2) is 0 Å². The topological polar surface area (TPSA) is 75.7 Å². The van der Waals surface area contributed by atoms with Crippen LogP contribution in [-0.4, -0.2) is 41.0 Å². The van der Waals surface area contributed by atoms with Crippen LogP contribution in [0.25, 0.3) is 0 Å². The smallest absolute Gasteiger partial charge is 0.326 e. The third-order valence-corrected chi connectivity index (χ3v) is 7.56. The fourth-order valence-corrected chi connectivity index (χ4v) is 5.73. The molecule has 6 nitrogen and oxygen atoms in total. The lowest BCUT2D eigenvalue weighted by Crippen LogP contribution is -2.57. The molecular weight excluding hydrogens is 320 g/mol.